The third kappa shape index (κ3) is 5.23. The van der Waals surface area contributed by atoms with Crippen LogP contribution in [0.5, 0.6) is 5.75 Å². The summed E-state index contributed by atoms with van der Waals surface area (Å²) < 4.78 is 13.1. The molecule has 3 heterocycles. The number of benzene rings is 1. The number of hydrogen-bond donors (Lipinski definition) is 0. The van der Waals surface area contributed by atoms with E-state index in [0.717, 1.165) is 30.9 Å². The van der Waals surface area contributed by atoms with Crippen molar-refractivity contribution in [2.75, 3.05) is 26.2 Å². The third-order valence-electron chi connectivity index (χ3n) is 5.72. The van der Waals surface area contributed by atoms with Gasteiger partial charge >= 0.3 is 5.69 Å². The molecule has 0 atom stereocenters. The summed E-state index contributed by atoms with van der Waals surface area (Å²) in [6.45, 7) is 7.36. The molecule has 174 valence electrons. The molecule has 0 spiro atoms. The van der Waals surface area contributed by atoms with E-state index in [2.05, 4.69) is 10.00 Å². The number of piperazine rings is 1. The number of rotatable bonds is 7. The quantitative estimate of drug-likeness (QED) is 0.400. The van der Waals surface area contributed by atoms with Gasteiger partial charge in [0.1, 0.15) is 12.4 Å². The zero-order valence-corrected chi connectivity index (χ0v) is 19.0. The van der Waals surface area contributed by atoms with E-state index >= 15 is 0 Å². The molecule has 0 N–H and O–H groups in total. The van der Waals surface area contributed by atoms with Crippen LogP contribution in [-0.4, -0.2) is 56.6 Å². The first-order valence-electron chi connectivity index (χ1n) is 10.8. The molecular weight excluding hydrogens is 426 g/mol. The molecule has 1 aliphatic heterocycles. The zero-order chi connectivity index (χ0) is 23.5. The van der Waals surface area contributed by atoms with E-state index < -0.39 is 4.92 Å². The standard InChI is InChI=1S/C23H27N5O5/c1-16-4-6-21(20(12-16)28(30)31)32-15-19-5-7-22(33-19)23(29)27-10-8-26(9-11-27)14-18-13-25(3)24-17(18)2/h4-7,12-13H,8-11,14-15H2,1-3H3. The predicted octanol–water partition coefficient (Wildman–Crippen LogP) is 3.08. The fraction of sp³-hybridized carbons (Fsp3) is 0.391. The lowest BCUT2D eigenvalue weighted by molar-refractivity contribution is -0.386. The van der Waals surface area contributed by atoms with Gasteiger partial charge in [0.25, 0.3) is 5.91 Å². The van der Waals surface area contributed by atoms with Gasteiger partial charge in [0, 0.05) is 57.6 Å². The van der Waals surface area contributed by atoms with Crippen molar-refractivity contribution in [1.29, 1.82) is 0 Å². The van der Waals surface area contributed by atoms with Crippen LogP contribution in [0.15, 0.2) is 40.9 Å². The van der Waals surface area contributed by atoms with Crippen molar-refractivity contribution < 1.29 is 18.9 Å². The summed E-state index contributed by atoms with van der Waals surface area (Å²) in [7, 11) is 1.91. The van der Waals surface area contributed by atoms with Crippen molar-refractivity contribution in [3.63, 3.8) is 0 Å². The Morgan fingerprint density at radius 3 is 2.61 bits per heavy atom. The van der Waals surface area contributed by atoms with Crippen molar-refractivity contribution >= 4 is 11.6 Å². The van der Waals surface area contributed by atoms with Crippen molar-refractivity contribution in [2.24, 2.45) is 7.05 Å². The number of hydrogen-bond acceptors (Lipinski definition) is 7. The minimum Gasteiger partial charge on any atom is -0.479 e. The normalized spacial score (nSPS) is 14.5. The molecule has 10 heteroatoms. The molecule has 0 bridgehead atoms. The second kappa shape index (κ2) is 9.45. The van der Waals surface area contributed by atoms with Crippen LogP contribution in [0.25, 0.3) is 0 Å². The zero-order valence-electron chi connectivity index (χ0n) is 19.0. The number of furan rings is 1. The highest BCUT2D eigenvalue weighted by Gasteiger charge is 2.25. The van der Waals surface area contributed by atoms with E-state index in [1.807, 2.05) is 24.9 Å². The Labute approximate surface area is 191 Å². The largest absolute Gasteiger partial charge is 0.479 e. The van der Waals surface area contributed by atoms with E-state index in [1.165, 1.54) is 11.6 Å². The number of nitro groups is 1. The second-order valence-corrected chi connectivity index (χ2v) is 8.26. The van der Waals surface area contributed by atoms with Gasteiger partial charge in [-0.1, -0.05) is 6.07 Å². The number of aromatic nitrogens is 2. The Hall–Kier alpha value is -3.66. The number of carbonyl (C=O) groups is 1. The van der Waals surface area contributed by atoms with Gasteiger partial charge < -0.3 is 14.1 Å². The summed E-state index contributed by atoms with van der Waals surface area (Å²) in [6, 6.07) is 8.05. The summed E-state index contributed by atoms with van der Waals surface area (Å²) in [5.41, 5.74) is 2.90. The molecule has 1 fully saturated rings. The molecule has 0 aliphatic carbocycles. The van der Waals surface area contributed by atoms with E-state index in [4.69, 9.17) is 9.15 Å². The summed E-state index contributed by atoms with van der Waals surface area (Å²) in [5, 5.41) is 15.6. The van der Waals surface area contributed by atoms with Crippen LogP contribution in [-0.2, 0) is 20.2 Å². The highest BCUT2D eigenvalue weighted by molar-refractivity contribution is 5.91. The van der Waals surface area contributed by atoms with Gasteiger partial charge in [-0.15, -0.1) is 0 Å². The fourth-order valence-electron chi connectivity index (χ4n) is 3.92. The lowest BCUT2D eigenvalue weighted by Gasteiger charge is -2.34. The van der Waals surface area contributed by atoms with Crippen molar-refractivity contribution in [3.8, 4) is 5.75 Å². The number of amides is 1. The number of carbonyl (C=O) groups excluding carboxylic acids is 1. The highest BCUT2D eigenvalue weighted by Crippen LogP contribution is 2.28. The highest BCUT2D eigenvalue weighted by atomic mass is 16.6. The molecule has 0 unspecified atom stereocenters. The molecule has 1 aliphatic rings. The molecule has 10 nitrogen and oxygen atoms in total. The minimum atomic E-state index is -0.477. The molecule has 1 amide bonds. The molecule has 0 radical (unpaired) electrons. The van der Waals surface area contributed by atoms with E-state index in [0.29, 0.717) is 18.8 Å². The average Bonchev–Trinajstić information content (AvgIpc) is 3.38. The van der Waals surface area contributed by atoms with Crippen LogP contribution in [0.2, 0.25) is 0 Å². The lowest BCUT2D eigenvalue weighted by atomic mass is 10.2. The Balaban J connectivity index is 1.31. The molecule has 2 aromatic heterocycles. The Morgan fingerprint density at radius 2 is 1.94 bits per heavy atom. The van der Waals surface area contributed by atoms with Crippen molar-refractivity contribution in [3.05, 3.63) is 75.0 Å². The van der Waals surface area contributed by atoms with Crippen molar-refractivity contribution in [1.82, 2.24) is 19.6 Å². The molecular formula is C23H27N5O5. The Morgan fingerprint density at radius 1 is 1.18 bits per heavy atom. The summed E-state index contributed by atoms with van der Waals surface area (Å²) >= 11 is 0. The Kier molecular flexibility index (Phi) is 6.45. The van der Waals surface area contributed by atoms with Crippen LogP contribution in [0.1, 0.15) is 33.1 Å². The molecule has 1 aromatic carbocycles. The van der Waals surface area contributed by atoms with E-state index in [9.17, 15) is 14.9 Å². The molecule has 33 heavy (non-hydrogen) atoms. The van der Waals surface area contributed by atoms with Gasteiger partial charge in [-0.2, -0.15) is 5.10 Å². The smallest absolute Gasteiger partial charge is 0.311 e. The molecule has 1 saturated heterocycles. The van der Waals surface area contributed by atoms with Crippen LogP contribution in [0, 0.1) is 24.0 Å². The first-order chi connectivity index (χ1) is 15.8. The SMILES string of the molecule is Cc1ccc(OCc2ccc(C(=O)N3CCN(Cc4cn(C)nc4C)CC3)o2)c([N+](=O)[O-])c1. The van der Waals surface area contributed by atoms with Gasteiger partial charge in [0.2, 0.25) is 0 Å². The van der Waals surface area contributed by atoms with Crippen molar-refractivity contribution in [2.45, 2.75) is 27.0 Å². The minimum absolute atomic E-state index is 0.00454. The molecule has 3 aromatic rings. The summed E-state index contributed by atoms with van der Waals surface area (Å²) in [5.74, 6) is 0.664. The van der Waals surface area contributed by atoms with E-state index in [-0.39, 0.29) is 29.7 Å². The first-order valence-corrected chi connectivity index (χ1v) is 10.8. The van der Waals surface area contributed by atoms with Crippen LogP contribution in [0.4, 0.5) is 5.69 Å². The molecule has 0 saturated carbocycles. The second-order valence-electron chi connectivity index (χ2n) is 8.26. The monoisotopic (exact) mass is 453 g/mol. The number of ether oxygens (including phenoxy) is 1. The van der Waals surface area contributed by atoms with Gasteiger partial charge in [-0.05, 0) is 37.6 Å². The predicted molar refractivity (Wildman–Crippen MR) is 120 cm³/mol. The first kappa shape index (κ1) is 22.5. The Bertz CT molecular complexity index is 1160. The number of nitrogens with zero attached hydrogens (tertiary/aromatic N) is 5. The third-order valence-corrected chi connectivity index (χ3v) is 5.72. The van der Waals surface area contributed by atoms with Crippen LogP contribution in [0.3, 0.4) is 0 Å². The fourth-order valence-corrected chi connectivity index (χ4v) is 3.92. The number of nitro benzene ring substituents is 1. The van der Waals surface area contributed by atoms with Crippen LogP contribution >= 0.6 is 0 Å². The summed E-state index contributed by atoms with van der Waals surface area (Å²) in [4.78, 5) is 27.7. The molecule has 4 rings (SSSR count). The maximum Gasteiger partial charge on any atom is 0.311 e. The van der Waals surface area contributed by atoms with Gasteiger partial charge in [0.05, 0.1) is 10.6 Å². The number of aryl methyl sites for hydroxylation is 3. The van der Waals surface area contributed by atoms with E-state index in [1.54, 1.807) is 36.1 Å². The van der Waals surface area contributed by atoms with Crippen LogP contribution < -0.4 is 4.74 Å². The summed E-state index contributed by atoms with van der Waals surface area (Å²) in [6.07, 6.45) is 2.03. The lowest BCUT2D eigenvalue weighted by Crippen LogP contribution is -2.48. The topological polar surface area (TPSA) is 107 Å². The maximum absolute atomic E-state index is 12.9. The van der Waals surface area contributed by atoms with Gasteiger partial charge in [-0.3, -0.25) is 24.5 Å². The van der Waals surface area contributed by atoms with Gasteiger partial charge in [0.15, 0.2) is 11.5 Å². The average molecular weight is 453 g/mol. The van der Waals surface area contributed by atoms with Gasteiger partial charge in [-0.25, -0.2) is 0 Å². The maximum atomic E-state index is 12.9.